The fourth-order valence-electron chi connectivity index (χ4n) is 2.96. The zero-order valence-electron chi connectivity index (χ0n) is 34.5. The summed E-state index contributed by atoms with van der Waals surface area (Å²) in [7, 11) is 0. The van der Waals surface area contributed by atoms with Crippen LogP contribution in [0.2, 0.25) is 0 Å². The van der Waals surface area contributed by atoms with Gasteiger partial charge in [0.1, 0.15) is 0 Å². The largest absolute Gasteiger partial charge is 0.657 e. The van der Waals surface area contributed by atoms with E-state index in [1.807, 2.05) is 5.32 Å². The molecule has 0 atom stereocenters. The molecule has 0 N–H and O–H groups in total. The number of rotatable bonds is 11. The standard InChI is InChI=1S/C7H6F10N.C6H4F10N.C5H6F4N.C4H4F6N.C4H4F4N.C3H3F5/c8-4(9,2-18-3-6(12,13)14)1-5(10,11)7(15,16)17;7-3(8,5(11,12)13)1-17-2-4(9,10)6(14,15)16;6-4(7)1-2-10-3-5(4,8)9;5-3(6,7)1-11-2-4(8,9)10;5-3(6)1-9-2-4(3,7)8;1-2(4,5)3(6,7)8/h1-3H2;1-2H2;1-3H2;1-2H2;1-2H2;1H3/q5*-1;. The molecule has 0 amide bonds. The number of halogens is 39. The van der Waals surface area contributed by atoms with Gasteiger partial charge >= 0.3 is 72.8 Å². The molecule has 0 aromatic heterocycles. The molecule has 2 saturated heterocycles. The molecule has 2 aliphatic rings. The normalized spacial score (nSPS) is 18.7. The van der Waals surface area contributed by atoms with E-state index >= 15 is 0 Å². The molecule has 446 valence electrons. The van der Waals surface area contributed by atoms with Gasteiger partial charge in [-0.25, -0.2) is 43.9 Å². The molecule has 0 spiro atoms. The summed E-state index contributed by atoms with van der Waals surface area (Å²) in [6.07, 6.45) is -41.7. The Morgan fingerprint density at radius 2 is 0.575 bits per heavy atom. The highest BCUT2D eigenvalue weighted by Gasteiger charge is 2.61. The smallest absolute Gasteiger partial charge is 0.453 e. The van der Waals surface area contributed by atoms with Crippen molar-refractivity contribution in [2.24, 2.45) is 0 Å². The van der Waals surface area contributed by atoms with Gasteiger partial charge in [0.05, 0.1) is 6.42 Å². The zero-order valence-corrected chi connectivity index (χ0v) is 34.5. The molecule has 2 aliphatic heterocycles. The lowest BCUT2D eigenvalue weighted by atomic mass is 10.1. The molecule has 44 heteroatoms. The summed E-state index contributed by atoms with van der Waals surface area (Å²) >= 11 is 0. The van der Waals surface area contributed by atoms with E-state index in [9.17, 15) is 171 Å². The van der Waals surface area contributed by atoms with E-state index in [1.54, 1.807) is 0 Å². The van der Waals surface area contributed by atoms with Gasteiger partial charge in [0.15, 0.2) is 0 Å². The van der Waals surface area contributed by atoms with Crippen molar-refractivity contribution in [3.63, 3.8) is 0 Å². The van der Waals surface area contributed by atoms with Crippen molar-refractivity contribution in [1.29, 1.82) is 0 Å². The van der Waals surface area contributed by atoms with Gasteiger partial charge < -0.3 is 26.6 Å². The van der Waals surface area contributed by atoms with Crippen molar-refractivity contribution >= 4 is 0 Å². The van der Waals surface area contributed by atoms with E-state index in [-0.39, 0.29) is 13.5 Å². The van der Waals surface area contributed by atoms with Crippen molar-refractivity contribution in [2.45, 2.75) is 116 Å². The monoisotopic (exact) mass is 1190 g/mol. The van der Waals surface area contributed by atoms with E-state index in [1.165, 1.54) is 0 Å². The summed E-state index contributed by atoms with van der Waals surface area (Å²) in [6.45, 7) is -16.0. The fourth-order valence-corrected chi connectivity index (χ4v) is 2.96. The Hall–Kier alpha value is -2.93. The maximum Gasteiger partial charge on any atom is 0.453 e. The topological polar surface area (TPSA) is 70.5 Å². The minimum Gasteiger partial charge on any atom is -0.657 e. The molecule has 5 nitrogen and oxygen atoms in total. The van der Waals surface area contributed by atoms with Crippen molar-refractivity contribution in [3.05, 3.63) is 26.6 Å². The molecule has 0 aromatic rings. The Labute approximate surface area is 380 Å². The van der Waals surface area contributed by atoms with Crippen LogP contribution in [-0.4, -0.2) is 162 Å². The number of nitrogens with zero attached hydrogens (tertiary/aromatic N) is 5. The highest BCUT2D eigenvalue weighted by molar-refractivity contribution is 5.09. The average molecular weight is 1190 g/mol. The number of piperidine rings is 1. The van der Waals surface area contributed by atoms with Gasteiger partial charge in [-0.3, -0.25) is 0 Å². The summed E-state index contributed by atoms with van der Waals surface area (Å²) in [6, 6.07) is 0. The predicted octanol–water partition coefficient (Wildman–Crippen LogP) is 16.3. The highest BCUT2D eigenvalue weighted by atomic mass is 19.5. The maximum atomic E-state index is 12.6. The van der Waals surface area contributed by atoms with Gasteiger partial charge in [-0.15, -0.1) is 6.54 Å². The van der Waals surface area contributed by atoms with E-state index < -0.39 is 168 Å². The third-order valence-corrected chi connectivity index (χ3v) is 6.65. The molecule has 73 heavy (non-hydrogen) atoms. The Balaban J connectivity index is -0.000000401. The van der Waals surface area contributed by atoms with Crippen LogP contribution in [0.3, 0.4) is 0 Å². The molecule has 0 bridgehead atoms. The van der Waals surface area contributed by atoms with E-state index in [0.29, 0.717) is 0 Å². The number of alkyl halides is 39. The minimum atomic E-state index is -6.19. The van der Waals surface area contributed by atoms with E-state index in [4.69, 9.17) is 0 Å². The average Bonchev–Trinajstić information content (AvgIpc) is 3.31. The van der Waals surface area contributed by atoms with Gasteiger partial charge in [0.2, 0.25) is 5.92 Å². The molecule has 0 radical (unpaired) electrons. The first-order chi connectivity index (χ1) is 31.2. The highest BCUT2D eigenvalue weighted by Crippen LogP contribution is 2.45. The van der Waals surface area contributed by atoms with Gasteiger partial charge in [0.25, 0.3) is 17.8 Å². The SMILES string of the molecule is CC(F)(F)C(F)(F)F.FC(F)(F)C(F)(F)C[N-]CC(F)(F)C(F)(F)F.FC(F)(F)C[N-]CC(F)(F)CC(F)(F)C(F)(F)F.FC(F)(F)C[N-]CC(F)(F)F.FC1(F)CC[N-]CC1(F)F.FC1(F)C[N-]CC1(F)F. The number of hydrogen-bond donors (Lipinski definition) is 0. The van der Waals surface area contributed by atoms with Crippen LogP contribution in [0.15, 0.2) is 0 Å². The Bertz CT molecular complexity index is 1440. The Morgan fingerprint density at radius 1 is 0.329 bits per heavy atom. The van der Waals surface area contributed by atoms with Gasteiger partial charge in [-0.2, -0.15) is 127 Å². The quantitative estimate of drug-likeness (QED) is 0.185. The van der Waals surface area contributed by atoms with Crippen molar-refractivity contribution in [3.8, 4) is 0 Å². The third kappa shape index (κ3) is 32.3. The second-order valence-corrected chi connectivity index (χ2v) is 13.7. The summed E-state index contributed by atoms with van der Waals surface area (Å²) in [5, 5.41) is 12.5. The predicted molar refractivity (Wildman–Crippen MR) is 167 cm³/mol. The van der Waals surface area contributed by atoms with Gasteiger partial charge in [-0.05, 0) is 6.42 Å². The van der Waals surface area contributed by atoms with Crippen LogP contribution < -0.4 is 0 Å². The zero-order chi connectivity index (χ0) is 60.0. The minimum absolute atomic E-state index is 0.164. The maximum absolute atomic E-state index is 12.6. The van der Waals surface area contributed by atoms with Crippen LogP contribution in [-0.2, 0) is 0 Å². The van der Waals surface area contributed by atoms with E-state index in [0.717, 1.165) is 0 Å². The molecular formula is C29H27F39N5-5. The lowest BCUT2D eigenvalue weighted by molar-refractivity contribution is -0.299. The molecule has 2 rings (SSSR count). The molecule has 0 aromatic carbocycles. The van der Waals surface area contributed by atoms with Gasteiger partial charge in [-0.1, -0.05) is 58.9 Å². The summed E-state index contributed by atoms with van der Waals surface area (Å²) in [5.41, 5.74) is 0. The van der Waals surface area contributed by atoms with Crippen LogP contribution in [0.1, 0.15) is 19.8 Å². The van der Waals surface area contributed by atoms with Crippen molar-refractivity contribution in [2.75, 3.05) is 65.4 Å². The Kier molecular flexibility index (Phi) is 27.7. The molecule has 2 fully saturated rings. The second kappa shape index (κ2) is 26.4. The first-order valence-electron chi connectivity index (χ1n) is 17.3. The van der Waals surface area contributed by atoms with Crippen molar-refractivity contribution < 1.29 is 171 Å². The van der Waals surface area contributed by atoms with Crippen LogP contribution in [0.5, 0.6) is 0 Å². The van der Waals surface area contributed by atoms with Crippen LogP contribution in [0, 0.1) is 0 Å². The molecule has 0 unspecified atom stereocenters. The van der Waals surface area contributed by atoms with Crippen LogP contribution >= 0.6 is 0 Å². The fraction of sp³-hybridized carbons (Fsp3) is 1.00. The first kappa shape index (κ1) is 76.6. The molecule has 0 aliphatic carbocycles. The Morgan fingerprint density at radius 3 is 0.767 bits per heavy atom. The molecule has 2 heterocycles. The summed E-state index contributed by atoms with van der Waals surface area (Å²) in [5.74, 6) is -41.4. The van der Waals surface area contributed by atoms with E-state index in [2.05, 4.69) is 21.3 Å². The van der Waals surface area contributed by atoms with Crippen LogP contribution in [0.4, 0.5) is 171 Å². The molecule has 0 saturated carbocycles. The lowest BCUT2D eigenvalue weighted by Crippen LogP contribution is -2.47. The lowest BCUT2D eigenvalue weighted by Gasteiger charge is -2.38. The first-order valence-corrected chi connectivity index (χ1v) is 17.3. The third-order valence-electron chi connectivity index (χ3n) is 6.65. The summed E-state index contributed by atoms with van der Waals surface area (Å²) in [4.78, 5) is 0. The second-order valence-electron chi connectivity index (χ2n) is 13.7. The molecular weight excluding hydrogens is 1160 g/mol. The summed E-state index contributed by atoms with van der Waals surface area (Å²) < 4.78 is 454. The van der Waals surface area contributed by atoms with Crippen molar-refractivity contribution in [1.82, 2.24) is 0 Å². The van der Waals surface area contributed by atoms with Gasteiger partial charge in [0, 0.05) is 6.92 Å². The van der Waals surface area contributed by atoms with Crippen LogP contribution in [0.25, 0.3) is 26.6 Å². The number of hydrogen-bond acceptors (Lipinski definition) is 0.